The van der Waals surface area contributed by atoms with Gasteiger partial charge in [0.1, 0.15) is 0 Å². The molecule has 2 heterocycles. The Morgan fingerprint density at radius 1 is 1.50 bits per heavy atom. The molecule has 0 amide bonds. The lowest BCUT2D eigenvalue weighted by molar-refractivity contribution is 0.483. The highest BCUT2D eigenvalue weighted by Crippen LogP contribution is 2.22. The fourth-order valence-corrected chi connectivity index (χ4v) is 1.70. The molecule has 2 aromatic heterocycles. The number of hydrogen-bond donors (Lipinski definition) is 1. The summed E-state index contributed by atoms with van der Waals surface area (Å²) >= 11 is 1.60. The Labute approximate surface area is 86.0 Å². The lowest BCUT2D eigenvalue weighted by Gasteiger charge is -1.93. The summed E-state index contributed by atoms with van der Waals surface area (Å²) in [5.41, 5.74) is 0. The van der Waals surface area contributed by atoms with Crippen LogP contribution in [0.1, 0.15) is 12.8 Å². The highest BCUT2D eigenvalue weighted by atomic mass is 32.1. The van der Waals surface area contributed by atoms with E-state index in [1.54, 1.807) is 11.3 Å². The summed E-state index contributed by atoms with van der Waals surface area (Å²) in [4.78, 5) is 1.01. The third-order valence-corrected chi connectivity index (χ3v) is 2.58. The Kier molecular flexibility index (Phi) is 2.90. The maximum Gasteiger partial charge on any atom is 0.257 e. The first kappa shape index (κ1) is 9.36. The predicted octanol–water partition coefficient (Wildman–Crippen LogP) is 1.91. The van der Waals surface area contributed by atoms with Crippen LogP contribution < -0.4 is 5.32 Å². The summed E-state index contributed by atoms with van der Waals surface area (Å²) in [6.07, 6.45) is 0. The van der Waals surface area contributed by atoms with Crippen LogP contribution in [0, 0.1) is 0 Å². The van der Waals surface area contributed by atoms with Crippen molar-refractivity contribution < 1.29 is 4.42 Å². The number of hydrogen-bond acceptors (Lipinski definition) is 5. The summed E-state index contributed by atoms with van der Waals surface area (Å²) in [5.74, 6) is 1.24. The van der Waals surface area contributed by atoms with Crippen molar-refractivity contribution in [2.24, 2.45) is 0 Å². The number of nitrogens with one attached hydrogen (secondary N) is 1. The van der Waals surface area contributed by atoms with Crippen LogP contribution in [0.15, 0.2) is 21.9 Å². The summed E-state index contributed by atoms with van der Waals surface area (Å²) in [7, 11) is 0. The number of aromatic nitrogens is 2. The van der Waals surface area contributed by atoms with Gasteiger partial charge in [-0.25, -0.2) is 0 Å². The third-order valence-electron chi connectivity index (χ3n) is 1.73. The molecule has 0 saturated heterocycles. The van der Waals surface area contributed by atoms with E-state index in [9.17, 15) is 0 Å². The molecule has 2 aromatic rings. The molecule has 74 valence electrons. The van der Waals surface area contributed by atoms with Crippen molar-refractivity contribution in [3.63, 3.8) is 0 Å². The minimum Gasteiger partial charge on any atom is -0.419 e. The van der Waals surface area contributed by atoms with E-state index in [1.807, 2.05) is 24.4 Å². The van der Waals surface area contributed by atoms with Crippen LogP contribution in [0.3, 0.4) is 0 Å². The van der Waals surface area contributed by atoms with E-state index in [1.165, 1.54) is 0 Å². The van der Waals surface area contributed by atoms with Crippen LogP contribution in [0.4, 0.5) is 0 Å². The molecule has 0 saturated carbocycles. The van der Waals surface area contributed by atoms with Gasteiger partial charge in [0.05, 0.1) is 11.4 Å². The molecular weight excluding hydrogens is 198 g/mol. The van der Waals surface area contributed by atoms with E-state index in [-0.39, 0.29) is 0 Å². The van der Waals surface area contributed by atoms with Gasteiger partial charge in [0.25, 0.3) is 5.89 Å². The summed E-state index contributed by atoms with van der Waals surface area (Å²) in [6.45, 7) is 3.57. The Morgan fingerprint density at radius 3 is 3.14 bits per heavy atom. The number of rotatable bonds is 4. The van der Waals surface area contributed by atoms with Gasteiger partial charge in [-0.3, -0.25) is 0 Å². The number of nitrogens with zero attached hydrogens (tertiary/aromatic N) is 2. The van der Waals surface area contributed by atoms with Crippen molar-refractivity contribution in [2.75, 3.05) is 6.54 Å². The molecule has 4 nitrogen and oxygen atoms in total. The fraction of sp³-hybridized carbons (Fsp3) is 0.333. The summed E-state index contributed by atoms with van der Waals surface area (Å²) in [6, 6.07) is 3.93. The Hall–Kier alpha value is -1.20. The molecule has 0 aliphatic carbocycles. The van der Waals surface area contributed by atoms with Gasteiger partial charge >= 0.3 is 0 Å². The van der Waals surface area contributed by atoms with Gasteiger partial charge in [-0.05, 0) is 18.0 Å². The molecule has 0 aromatic carbocycles. The molecular formula is C9H11N3OS. The van der Waals surface area contributed by atoms with Gasteiger partial charge in [0.2, 0.25) is 5.89 Å². The second-order valence-electron chi connectivity index (χ2n) is 2.76. The fourth-order valence-electron chi connectivity index (χ4n) is 1.06. The smallest absolute Gasteiger partial charge is 0.257 e. The molecule has 14 heavy (non-hydrogen) atoms. The van der Waals surface area contributed by atoms with Gasteiger partial charge in [-0.15, -0.1) is 21.5 Å². The molecule has 1 N–H and O–H groups in total. The van der Waals surface area contributed by atoms with E-state index in [4.69, 9.17) is 4.42 Å². The first-order valence-corrected chi connectivity index (χ1v) is 5.35. The van der Waals surface area contributed by atoms with Crippen LogP contribution in [0.25, 0.3) is 10.8 Å². The zero-order valence-corrected chi connectivity index (χ0v) is 8.67. The SMILES string of the molecule is CCNCc1nnc(-c2cccs2)o1. The van der Waals surface area contributed by atoms with Crippen LogP contribution in [-0.4, -0.2) is 16.7 Å². The quantitative estimate of drug-likeness (QED) is 0.835. The topological polar surface area (TPSA) is 51.0 Å². The highest BCUT2D eigenvalue weighted by Gasteiger charge is 2.07. The lowest BCUT2D eigenvalue weighted by Crippen LogP contribution is -2.11. The molecule has 0 aliphatic heterocycles. The molecule has 0 aliphatic rings. The molecule has 0 radical (unpaired) electrons. The molecule has 0 bridgehead atoms. The largest absolute Gasteiger partial charge is 0.419 e. The molecule has 2 rings (SSSR count). The average molecular weight is 209 g/mol. The Balaban J connectivity index is 2.10. The van der Waals surface area contributed by atoms with Gasteiger partial charge < -0.3 is 9.73 Å². The Morgan fingerprint density at radius 2 is 2.43 bits per heavy atom. The number of thiophene rings is 1. The lowest BCUT2D eigenvalue weighted by atomic mass is 10.5. The monoisotopic (exact) mass is 209 g/mol. The zero-order valence-electron chi connectivity index (χ0n) is 7.86. The predicted molar refractivity (Wildman–Crippen MR) is 55.0 cm³/mol. The minimum absolute atomic E-state index is 0.605. The maximum absolute atomic E-state index is 5.46. The average Bonchev–Trinajstić information content (AvgIpc) is 2.85. The second-order valence-corrected chi connectivity index (χ2v) is 3.71. The highest BCUT2D eigenvalue weighted by molar-refractivity contribution is 7.13. The van der Waals surface area contributed by atoms with Crippen LogP contribution >= 0.6 is 11.3 Å². The first-order valence-electron chi connectivity index (χ1n) is 4.47. The van der Waals surface area contributed by atoms with Crippen LogP contribution in [0.5, 0.6) is 0 Å². The molecule has 0 unspecified atom stereocenters. The van der Waals surface area contributed by atoms with E-state index < -0.39 is 0 Å². The molecule has 0 atom stereocenters. The molecule has 0 spiro atoms. The van der Waals surface area contributed by atoms with E-state index in [2.05, 4.69) is 15.5 Å². The second kappa shape index (κ2) is 4.34. The summed E-state index contributed by atoms with van der Waals surface area (Å²) < 4.78 is 5.46. The van der Waals surface area contributed by atoms with Crippen molar-refractivity contribution in [1.29, 1.82) is 0 Å². The first-order chi connectivity index (χ1) is 6.90. The van der Waals surface area contributed by atoms with Crippen molar-refractivity contribution in [2.45, 2.75) is 13.5 Å². The summed E-state index contributed by atoms with van der Waals surface area (Å²) in [5, 5.41) is 13.0. The van der Waals surface area contributed by atoms with Crippen molar-refractivity contribution in [1.82, 2.24) is 15.5 Å². The van der Waals surface area contributed by atoms with E-state index in [0.717, 1.165) is 11.4 Å². The van der Waals surface area contributed by atoms with Crippen LogP contribution in [0.2, 0.25) is 0 Å². The van der Waals surface area contributed by atoms with Crippen LogP contribution in [-0.2, 0) is 6.54 Å². The zero-order chi connectivity index (χ0) is 9.80. The molecule has 0 fully saturated rings. The van der Waals surface area contributed by atoms with Crippen molar-refractivity contribution >= 4 is 11.3 Å². The standard InChI is InChI=1S/C9H11N3OS/c1-2-10-6-8-11-12-9(13-8)7-4-3-5-14-7/h3-5,10H,2,6H2,1H3. The van der Waals surface area contributed by atoms with Gasteiger partial charge in [-0.1, -0.05) is 13.0 Å². The van der Waals surface area contributed by atoms with Gasteiger partial charge in [0, 0.05) is 0 Å². The minimum atomic E-state index is 0.605. The third kappa shape index (κ3) is 2.00. The Bertz CT molecular complexity index is 382. The van der Waals surface area contributed by atoms with E-state index >= 15 is 0 Å². The molecule has 5 heteroatoms. The van der Waals surface area contributed by atoms with Gasteiger partial charge in [-0.2, -0.15) is 0 Å². The normalized spacial score (nSPS) is 10.6. The van der Waals surface area contributed by atoms with E-state index in [0.29, 0.717) is 18.3 Å². The van der Waals surface area contributed by atoms with Crippen molar-refractivity contribution in [3.05, 3.63) is 23.4 Å². The maximum atomic E-state index is 5.46. The van der Waals surface area contributed by atoms with Gasteiger partial charge in [0.15, 0.2) is 0 Å². The van der Waals surface area contributed by atoms with Crippen molar-refractivity contribution in [3.8, 4) is 10.8 Å².